The molecule has 4 nitrogen and oxygen atoms in total. The van der Waals surface area contributed by atoms with E-state index in [9.17, 15) is 4.79 Å². The Bertz CT molecular complexity index is 385. The average molecular weight is 257 g/mol. The van der Waals surface area contributed by atoms with Gasteiger partial charge in [-0.3, -0.25) is 9.69 Å². The van der Waals surface area contributed by atoms with Crippen LogP contribution in [0.3, 0.4) is 0 Å². The molecule has 94 valence electrons. The zero-order valence-electron chi connectivity index (χ0n) is 10.0. The van der Waals surface area contributed by atoms with Gasteiger partial charge in [0.05, 0.1) is 7.11 Å². The second-order valence-electron chi connectivity index (χ2n) is 3.82. The van der Waals surface area contributed by atoms with Gasteiger partial charge in [-0.25, -0.2) is 0 Å². The van der Waals surface area contributed by atoms with Gasteiger partial charge in [0.2, 0.25) is 0 Å². The van der Waals surface area contributed by atoms with Gasteiger partial charge in [0.1, 0.15) is 6.04 Å². The van der Waals surface area contributed by atoms with Gasteiger partial charge < -0.3 is 10.5 Å². The standard InChI is InChI=1S/C12H17ClN2O2/c1-15(11(7-14)12(16)17-2)8-9-4-3-5-10(13)6-9/h3-6,11H,7-8,14H2,1-2H3. The second-order valence-corrected chi connectivity index (χ2v) is 4.26. The number of esters is 1. The van der Waals surface area contributed by atoms with Crippen LogP contribution in [0, 0.1) is 0 Å². The molecule has 1 aromatic rings. The van der Waals surface area contributed by atoms with Crippen molar-refractivity contribution >= 4 is 17.6 Å². The van der Waals surface area contributed by atoms with E-state index in [0.29, 0.717) is 11.6 Å². The van der Waals surface area contributed by atoms with Crippen LogP contribution in [0.15, 0.2) is 24.3 Å². The lowest BCUT2D eigenvalue weighted by Crippen LogP contribution is -2.44. The van der Waals surface area contributed by atoms with Crippen LogP contribution >= 0.6 is 11.6 Å². The maximum absolute atomic E-state index is 11.5. The molecular formula is C12H17ClN2O2. The van der Waals surface area contributed by atoms with Crippen LogP contribution in [0.2, 0.25) is 5.02 Å². The molecule has 0 spiro atoms. The Morgan fingerprint density at radius 3 is 2.82 bits per heavy atom. The molecule has 1 rings (SSSR count). The fourth-order valence-corrected chi connectivity index (χ4v) is 1.84. The number of halogens is 1. The van der Waals surface area contributed by atoms with Crippen molar-refractivity contribution in [2.75, 3.05) is 20.7 Å². The predicted octanol–water partition coefficient (Wildman–Crippen LogP) is 1.27. The third kappa shape index (κ3) is 4.00. The van der Waals surface area contributed by atoms with Gasteiger partial charge in [0, 0.05) is 18.1 Å². The number of methoxy groups -OCH3 is 1. The minimum atomic E-state index is -0.431. The normalized spacial score (nSPS) is 12.5. The van der Waals surface area contributed by atoms with E-state index in [-0.39, 0.29) is 12.5 Å². The Labute approximate surface area is 106 Å². The summed E-state index contributed by atoms with van der Waals surface area (Å²) >= 11 is 5.90. The van der Waals surface area contributed by atoms with E-state index in [1.54, 1.807) is 0 Å². The first-order valence-corrected chi connectivity index (χ1v) is 5.69. The lowest BCUT2D eigenvalue weighted by atomic mass is 10.2. The summed E-state index contributed by atoms with van der Waals surface area (Å²) < 4.78 is 4.70. The van der Waals surface area contributed by atoms with Gasteiger partial charge in [-0.15, -0.1) is 0 Å². The van der Waals surface area contributed by atoms with E-state index >= 15 is 0 Å². The van der Waals surface area contributed by atoms with Gasteiger partial charge >= 0.3 is 5.97 Å². The number of benzene rings is 1. The quantitative estimate of drug-likeness (QED) is 0.807. The summed E-state index contributed by atoms with van der Waals surface area (Å²) in [5.74, 6) is -0.322. The summed E-state index contributed by atoms with van der Waals surface area (Å²) in [5.41, 5.74) is 6.60. The van der Waals surface area contributed by atoms with Gasteiger partial charge in [-0.05, 0) is 24.7 Å². The number of ether oxygens (including phenoxy) is 1. The molecule has 1 atom stereocenters. The van der Waals surface area contributed by atoms with E-state index in [1.807, 2.05) is 36.2 Å². The van der Waals surface area contributed by atoms with Gasteiger partial charge in [0.15, 0.2) is 0 Å². The Morgan fingerprint density at radius 1 is 1.59 bits per heavy atom. The first kappa shape index (κ1) is 14.0. The van der Waals surface area contributed by atoms with Crippen molar-refractivity contribution in [1.82, 2.24) is 4.90 Å². The fraction of sp³-hybridized carbons (Fsp3) is 0.417. The largest absolute Gasteiger partial charge is 0.468 e. The van der Waals surface area contributed by atoms with Crippen molar-refractivity contribution in [3.63, 3.8) is 0 Å². The Balaban J connectivity index is 2.70. The summed E-state index contributed by atoms with van der Waals surface area (Å²) in [5, 5.41) is 0.679. The number of nitrogens with zero attached hydrogens (tertiary/aromatic N) is 1. The summed E-state index contributed by atoms with van der Waals surface area (Å²) in [4.78, 5) is 13.3. The summed E-state index contributed by atoms with van der Waals surface area (Å²) in [7, 11) is 3.19. The lowest BCUT2D eigenvalue weighted by molar-refractivity contribution is -0.146. The SMILES string of the molecule is COC(=O)C(CN)N(C)Cc1cccc(Cl)c1. The van der Waals surface area contributed by atoms with E-state index in [2.05, 4.69) is 0 Å². The highest BCUT2D eigenvalue weighted by molar-refractivity contribution is 6.30. The summed E-state index contributed by atoms with van der Waals surface area (Å²) in [6.45, 7) is 0.821. The Kier molecular flexibility index (Phi) is 5.41. The monoisotopic (exact) mass is 256 g/mol. The fourth-order valence-electron chi connectivity index (χ4n) is 1.63. The van der Waals surface area contributed by atoms with Gasteiger partial charge in [-0.1, -0.05) is 23.7 Å². The number of hydrogen-bond acceptors (Lipinski definition) is 4. The first-order valence-electron chi connectivity index (χ1n) is 5.31. The molecule has 0 radical (unpaired) electrons. The molecule has 0 aliphatic rings. The van der Waals surface area contributed by atoms with E-state index in [0.717, 1.165) is 5.56 Å². The molecule has 0 heterocycles. The molecule has 0 amide bonds. The highest BCUT2D eigenvalue weighted by Crippen LogP contribution is 2.13. The van der Waals surface area contributed by atoms with Crippen molar-refractivity contribution in [1.29, 1.82) is 0 Å². The van der Waals surface area contributed by atoms with Crippen LogP contribution in [-0.2, 0) is 16.1 Å². The van der Waals surface area contributed by atoms with Crippen molar-refractivity contribution in [2.45, 2.75) is 12.6 Å². The van der Waals surface area contributed by atoms with E-state index in [1.165, 1.54) is 7.11 Å². The third-order valence-corrected chi connectivity index (χ3v) is 2.78. The maximum atomic E-state index is 11.5. The molecule has 0 saturated carbocycles. The number of likely N-dealkylation sites (N-methyl/N-ethyl adjacent to an activating group) is 1. The predicted molar refractivity (Wildman–Crippen MR) is 67.8 cm³/mol. The maximum Gasteiger partial charge on any atom is 0.324 e. The van der Waals surface area contributed by atoms with Crippen LogP contribution < -0.4 is 5.73 Å². The second kappa shape index (κ2) is 6.59. The Hall–Kier alpha value is -1.10. The van der Waals surface area contributed by atoms with E-state index in [4.69, 9.17) is 22.1 Å². The molecule has 5 heteroatoms. The molecular weight excluding hydrogens is 240 g/mol. The molecule has 17 heavy (non-hydrogen) atoms. The molecule has 0 aromatic heterocycles. The summed E-state index contributed by atoms with van der Waals surface area (Å²) in [6, 6.07) is 7.07. The van der Waals surface area contributed by atoms with Crippen molar-refractivity contribution in [2.24, 2.45) is 5.73 Å². The van der Waals surface area contributed by atoms with Crippen LogP contribution in [0.25, 0.3) is 0 Å². The molecule has 0 saturated heterocycles. The number of hydrogen-bond donors (Lipinski definition) is 1. The number of rotatable bonds is 5. The highest BCUT2D eigenvalue weighted by atomic mass is 35.5. The van der Waals surface area contributed by atoms with Crippen molar-refractivity contribution < 1.29 is 9.53 Å². The summed E-state index contributed by atoms with van der Waals surface area (Å²) in [6.07, 6.45) is 0. The molecule has 1 aromatic carbocycles. The zero-order valence-corrected chi connectivity index (χ0v) is 10.8. The molecule has 0 bridgehead atoms. The van der Waals surface area contributed by atoms with Crippen LogP contribution in [0.1, 0.15) is 5.56 Å². The highest BCUT2D eigenvalue weighted by Gasteiger charge is 2.22. The molecule has 0 fully saturated rings. The smallest absolute Gasteiger partial charge is 0.324 e. The van der Waals surface area contributed by atoms with Crippen molar-refractivity contribution in [3.8, 4) is 0 Å². The first-order chi connectivity index (χ1) is 8.08. The van der Waals surface area contributed by atoms with Crippen LogP contribution in [-0.4, -0.2) is 37.6 Å². The number of carbonyl (C=O) groups is 1. The lowest BCUT2D eigenvalue weighted by Gasteiger charge is -2.24. The number of carbonyl (C=O) groups excluding carboxylic acids is 1. The number of nitrogens with two attached hydrogens (primary N) is 1. The topological polar surface area (TPSA) is 55.6 Å². The Morgan fingerprint density at radius 2 is 2.29 bits per heavy atom. The molecule has 2 N–H and O–H groups in total. The minimum Gasteiger partial charge on any atom is -0.468 e. The molecule has 1 unspecified atom stereocenters. The third-order valence-electron chi connectivity index (χ3n) is 2.55. The van der Waals surface area contributed by atoms with Gasteiger partial charge in [-0.2, -0.15) is 0 Å². The molecule has 0 aliphatic carbocycles. The molecule has 0 aliphatic heterocycles. The van der Waals surface area contributed by atoms with Crippen LogP contribution in [0.4, 0.5) is 0 Å². The van der Waals surface area contributed by atoms with Gasteiger partial charge in [0.25, 0.3) is 0 Å². The van der Waals surface area contributed by atoms with E-state index < -0.39 is 6.04 Å². The average Bonchev–Trinajstić information content (AvgIpc) is 2.29. The minimum absolute atomic E-state index is 0.226. The van der Waals surface area contributed by atoms with Crippen molar-refractivity contribution in [3.05, 3.63) is 34.9 Å². The van der Waals surface area contributed by atoms with Crippen LogP contribution in [0.5, 0.6) is 0 Å². The zero-order chi connectivity index (χ0) is 12.8.